The third-order valence-corrected chi connectivity index (χ3v) is 3.13. The van der Waals surface area contributed by atoms with Gasteiger partial charge in [0, 0.05) is 0 Å². The zero-order valence-corrected chi connectivity index (χ0v) is 8.55. The maximum Gasteiger partial charge on any atom is -0.00745 e. The van der Waals surface area contributed by atoms with Gasteiger partial charge >= 0.3 is 0 Å². The van der Waals surface area contributed by atoms with Crippen LogP contribution in [0.2, 0.25) is 0 Å². The van der Waals surface area contributed by atoms with Crippen LogP contribution in [0.4, 0.5) is 0 Å². The molecule has 1 aliphatic carbocycles. The highest BCUT2D eigenvalue weighted by Gasteiger charge is 2.26. The van der Waals surface area contributed by atoms with Crippen LogP contribution in [0.15, 0.2) is 0 Å². The zero-order valence-electron chi connectivity index (χ0n) is 8.55. The van der Waals surface area contributed by atoms with Gasteiger partial charge in [0.25, 0.3) is 0 Å². The Hall–Kier alpha value is -0.0400. The van der Waals surface area contributed by atoms with Crippen molar-refractivity contribution in [1.29, 1.82) is 0 Å². The Labute approximate surface area is 76.7 Å². The van der Waals surface area contributed by atoms with E-state index in [4.69, 9.17) is 5.73 Å². The maximum absolute atomic E-state index is 5.60. The van der Waals surface area contributed by atoms with Crippen molar-refractivity contribution in [3.63, 3.8) is 0 Å². The van der Waals surface area contributed by atoms with E-state index in [-0.39, 0.29) is 0 Å². The summed E-state index contributed by atoms with van der Waals surface area (Å²) in [4.78, 5) is 0. The molecule has 1 rings (SSSR count). The Morgan fingerprint density at radius 3 is 2.50 bits per heavy atom. The lowest BCUT2D eigenvalue weighted by Gasteiger charge is -2.20. The Kier molecular flexibility index (Phi) is 4.07. The summed E-state index contributed by atoms with van der Waals surface area (Å²) in [5.74, 6) is 2.82. The van der Waals surface area contributed by atoms with Gasteiger partial charge < -0.3 is 5.73 Å². The molecule has 2 atom stereocenters. The summed E-state index contributed by atoms with van der Waals surface area (Å²) in [6, 6.07) is 0. The molecule has 1 heteroatoms. The lowest BCUT2D eigenvalue weighted by molar-refractivity contribution is 0.311. The second kappa shape index (κ2) is 4.86. The molecule has 0 aromatic heterocycles. The Bertz CT molecular complexity index is 120. The van der Waals surface area contributed by atoms with Crippen LogP contribution in [0, 0.1) is 17.8 Å². The summed E-state index contributed by atoms with van der Waals surface area (Å²) < 4.78 is 0. The van der Waals surface area contributed by atoms with E-state index >= 15 is 0 Å². The zero-order chi connectivity index (χ0) is 8.97. The van der Waals surface area contributed by atoms with Crippen LogP contribution in [0.3, 0.4) is 0 Å². The summed E-state index contributed by atoms with van der Waals surface area (Å²) in [5, 5.41) is 0. The molecule has 0 aromatic carbocycles. The molecule has 2 unspecified atom stereocenters. The smallest absolute Gasteiger partial charge is 0.00745 e. The van der Waals surface area contributed by atoms with Crippen molar-refractivity contribution in [2.45, 2.75) is 46.0 Å². The number of hydrogen-bond donors (Lipinski definition) is 1. The average Bonchev–Trinajstić information content (AvgIpc) is 2.37. The highest BCUT2D eigenvalue weighted by atomic mass is 14.5. The standard InChI is InChI=1S/C11H23N/c1-9(2)8-11-5-3-4-10(11)6-7-12/h9-11H,3-8,12H2,1-2H3. The predicted octanol–water partition coefficient (Wildman–Crippen LogP) is 2.80. The first-order valence-corrected chi connectivity index (χ1v) is 5.44. The highest BCUT2D eigenvalue weighted by Crippen LogP contribution is 2.37. The van der Waals surface area contributed by atoms with Gasteiger partial charge in [0.05, 0.1) is 0 Å². The molecule has 2 N–H and O–H groups in total. The minimum absolute atomic E-state index is 0.869. The normalized spacial score (nSPS) is 30.0. The summed E-state index contributed by atoms with van der Waals surface area (Å²) in [5.41, 5.74) is 5.60. The van der Waals surface area contributed by atoms with Crippen molar-refractivity contribution in [2.75, 3.05) is 6.54 Å². The molecule has 0 saturated heterocycles. The molecule has 1 aliphatic rings. The summed E-state index contributed by atoms with van der Waals surface area (Å²) >= 11 is 0. The molecule has 0 amide bonds. The van der Waals surface area contributed by atoms with Gasteiger partial charge in [0.1, 0.15) is 0 Å². The van der Waals surface area contributed by atoms with Crippen molar-refractivity contribution in [2.24, 2.45) is 23.5 Å². The largest absolute Gasteiger partial charge is 0.330 e. The predicted molar refractivity (Wildman–Crippen MR) is 54.0 cm³/mol. The van der Waals surface area contributed by atoms with E-state index in [9.17, 15) is 0 Å². The van der Waals surface area contributed by atoms with Crippen molar-refractivity contribution in [3.8, 4) is 0 Å². The number of rotatable bonds is 4. The van der Waals surface area contributed by atoms with Gasteiger partial charge in [-0.3, -0.25) is 0 Å². The Morgan fingerprint density at radius 1 is 1.25 bits per heavy atom. The van der Waals surface area contributed by atoms with Gasteiger partial charge in [-0.25, -0.2) is 0 Å². The summed E-state index contributed by atoms with van der Waals surface area (Å²) in [6.45, 7) is 5.55. The molecule has 0 aliphatic heterocycles. The maximum atomic E-state index is 5.60. The van der Waals surface area contributed by atoms with E-state index in [1.54, 1.807) is 0 Å². The van der Waals surface area contributed by atoms with E-state index in [1.807, 2.05) is 0 Å². The van der Waals surface area contributed by atoms with E-state index in [1.165, 1.54) is 32.1 Å². The molecule has 12 heavy (non-hydrogen) atoms. The third kappa shape index (κ3) is 2.78. The molecule has 0 heterocycles. The molecule has 0 spiro atoms. The molecular formula is C11H23N. The molecule has 0 aromatic rings. The average molecular weight is 169 g/mol. The topological polar surface area (TPSA) is 26.0 Å². The molecule has 1 saturated carbocycles. The van der Waals surface area contributed by atoms with Crippen molar-refractivity contribution >= 4 is 0 Å². The van der Waals surface area contributed by atoms with Gasteiger partial charge in [-0.15, -0.1) is 0 Å². The van der Waals surface area contributed by atoms with Crippen molar-refractivity contribution < 1.29 is 0 Å². The van der Waals surface area contributed by atoms with Gasteiger partial charge in [0.15, 0.2) is 0 Å². The fourth-order valence-corrected chi connectivity index (χ4v) is 2.62. The second-order valence-corrected chi connectivity index (χ2v) is 4.66. The second-order valence-electron chi connectivity index (χ2n) is 4.66. The van der Waals surface area contributed by atoms with Crippen LogP contribution >= 0.6 is 0 Å². The minimum atomic E-state index is 0.869. The lowest BCUT2D eigenvalue weighted by Crippen LogP contribution is -2.14. The van der Waals surface area contributed by atoms with Crippen LogP contribution in [0.5, 0.6) is 0 Å². The number of nitrogens with two attached hydrogens (primary N) is 1. The SMILES string of the molecule is CC(C)CC1CCCC1CCN. The van der Waals surface area contributed by atoms with E-state index < -0.39 is 0 Å². The van der Waals surface area contributed by atoms with E-state index in [0.29, 0.717) is 0 Å². The first-order chi connectivity index (χ1) is 5.74. The van der Waals surface area contributed by atoms with Gasteiger partial charge in [0.2, 0.25) is 0 Å². The van der Waals surface area contributed by atoms with Crippen LogP contribution in [-0.2, 0) is 0 Å². The summed E-state index contributed by atoms with van der Waals surface area (Å²) in [6.07, 6.45) is 7.03. The van der Waals surface area contributed by atoms with E-state index in [2.05, 4.69) is 13.8 Å². The Morgan fingerprint density at radius 2 is 1.92 bits per heavy atom. The fourth-order valence-electron chi connectivity index (χ4n) is 2.62. The Balaban J connectivity index is 2.30. The van der Waals surface area contributed by atoms with Crippen LogP contribution in [0.25, 0.3) is 0 Å². The molecule has 72 valence electrons. The van der Waals surface area contributed by atoms with Crippen LogP contribution in [0.1, 0.15) is 46.0 Å². The van der Waals surface area contributed by atoms with Gasteiger partial charge in [-0.1, -0.05) is 33.1 Å². The quantitative estimate of drug-likeness (QED) is 0.688. The summed E-state index contributed by atoms with van der Waals surface area (Å²) in [7, 11) is 0. The third-order valence-electron chi connectivity index (χ3n) is 3.13. The molecular weight excluding hydrogens is 146 g/mol. The van der Waals surface area contributed by atoms with Crippen molar-refractivity contribution in [3.05, 3.63) is 0 Å². The number of hydrogen-bond acceptors (Lipinski definition) is 1. The molecule has 0 radical (unpaired) electrons. The molecule has 1 fully saturated rings. The molecule has 0 bridgehead atoms. The van der Waals surface area contributed by atoms with Crippen LogP contribution in [-0.4, -0.2) is 6.54 Å². The van der Waals surface area contributed by atoms with Gasteiger partial charge in [-0.05, 0) is 37.1 Å². The molecule has 1 nitrogen and oxygen atoms in total. The van der Waals surface area contributed by atoms with E-state index in [0.717, 1.165) is 24.3 Å². The minimum Gasteiger partial charge on any atom is -0.330 e. The van der Waals surface area contributed by atoms with Gasteiger partial charge in [-0.2, -0.15) is 0 Å². The first-order valence-electron chi connectivity index (χ1n) is 5.44. The highest BCUT2D eigenvalue weighted by molar-refractivity contribution is 4.78. The monoisotopic (exact) mass is 169 g/mol. The van der Waals surface area contributed by atoms with Crippen LogP contribution < -0.4 is 5.73 Å². The lowest BCUT2D eigenvalue weighted by atomic mass is 9.86. The van der Waals surface area contributed by atoms with Crippen molar-refractivity contribution in [1.82, 2.24) is 0 Å². The fraction of sp³-hybridized carbons (Fsp3) is 1.00. The first kappa shape index (κ1) is 10.0.